The summed E-state index contributed by atoms with van der Waals surface area (Å²) in [5, 5.41) is 9.93. The summed E-state index contributed by atoms with van der Waals surface area (Å²) in [6.45, 7) is -0.352. The smallest absolute Gasteiger partial charge is 0.338 e. The third kappa shape index (κ3) is 4.50. The Hall–Kier alpha value is -3.57. The van der Waals surface area contributed by atoms with Crippen molar-refractivity contribution in [2.45, 2.75) is 4.90 Å². The number of hydrogen-bond donors (Lipinski definition) is 2. The van der Waals surface area contributed by atoms with Crippen LogP contribution in [0.5, 0.6) is 17.2 Å². The van der Waals surface area contributed by atoms with Crippen LogP contribution in [-0.2, 0) is 14.8 Å². The molecule has 1 aliphatic heterocycles. The average molecular weight is 495 g/mol. The van der Waals surface area contributed by atoms with Crippen molar-refractivity contribution in [2.75, 3.05) is 25.0 Å². The second-order valence-corrected chi connectivity index (χ2v) is 8.87. The number of aromatic hydroxyl groups is 1. The zero-order valence-corrected chi connectivity index (χ0v) is 18.5. The maximum Gasteiger partial charge on any atom is 0.338 e. The molecule has 1 aromatic heterocycles. The van der Waals surface area contributed by atoms with Crippen LogP contribution in [0.3, 0.4) is 0 Å². The number of methoxy groups -OCH3 is 1. The summed E-state index contributed by atoms with van der Waals surface area (Å²) in [6.07, 6.45) is 1.23. The molecular formula is C21H16ClFN2O7S. The minimum Gasteiger partial charge on any atom is -0.505 e. The van der Waals surface area contributed by atoms with E-state index in [0.717, 1.165) is 18.2 Å². The monoisotopic (exact) mass is 494 g/mol. The number of phenols is 1. The SMILES string of the molecule is COc1ccc2cc1NS(=O)(=O)c1cc(cc(Cl)c1O)C(=O)OCCOc1cc(F)ncc1-2. The van der Waals surface area contributed by atoms with E-state index < -0.39 is 32.6 Å². The first-order chi connectivity index (χ1) is 15.7. The number of pyridine rings is 1. The molecule has 1 aliphatic rings. The average Bonchev–Trinajstić information content (AvgIpc) is 2.77. The molecule has 2 N–H and O–H groups in total. The van der Waals surface area contributed by atoms with E-state index in [1.807, 2.05) is 0 Å². The number of cyclic esters (lactones) is 1. The zero-order valence-electron chi connectivity index (χ0n) is 17.0. The minimum atomic E-state index is -4.45. The summed E-state index contributed by atoms with van der Waals surface area (Å²) >= 11 is 5.96. The fraction of sp³-hybridized carbons (Fsp3) is 0.143. The first kappa shape index (κ1) is 22.6. The van der Waals surface area contributed by atoms with E-state index in [4.69, 9.17) is 25.8 Å². The van der Waals surface area contributed by atoms with E-state index in [1.165, 1.54) is 25.4 Å². The molecule has 4 rings (SSSR count). The third-order valence-corrected chi connectivity index (χ3v) is 6.38. The standard InChI is InChI=1S/C21H16ClFN2O7S/c1-30-16-3-2-11-7-15(16)25-33(28,29)18-8-12(6-14(22)20(18)26)21(27)32-5-4-31-17-9-19(23)24-10-13(11)17/h2-3,6-10,25-26H,4-5H2,1H3. The number of sulfonamides is 1. The number of fused-ring (bicyclic) bond motifs is 6. The number of carbonyl (C=O) groups excluding carboxylic acids is 1. The maximum atomic E-state index is 13.8. The molecule has 0 saturated heterocycles. The molecule has 2 heterocycles. The lowest BCUT2D eigenvalue weighted by Crippen LogP contribution is -2.16. The molecule has 0 aliphatic carbocycles. The van der Waals surface area contributed by atoms with Gasteiger partial charge in [-0.2, -0.15) is 4.39 Å². The van der Waals surface area contributed by atoms with Crippen LogP contribution >= 0.6 is 11.6 Å². The van der Waals surface area contributed by atoms with Crippen LogP contribution in [-0.4, -0.2) is 44.8 Å². The highest BCUT2D eigenvalue weighted by molar-refractivity contribution is 7.92. The largest absolute Gasteiger partial charge is 0.505 e. The second-order valence-electron chi connectivity index (χ2n) is 6.81. The molecule has 0 fully saturated rings. The van der Waals surface area contributed by atoms with Crippen molar-refractivity contribution in [2.24, 2.45) is 0 Å². The van der Waals surface area contributed by atoms with Gasteiger partial charge in [0.15, 0.2) is 5.75 Å². The van der Waals surface area contributed by atoms with E-state index in [-0.39, 0.29) is 41.0 Å². The van der Waals surface area contributed by atoms with Crippen LogP contribution in [0.4, 0.5) is 10.1 Å². The lowest BCUT2D eigenvalue weighted by atomic mass is 10.1. The van der Waals surface area contributed by atoms with Crippen LogP contribution in [0.2, 0.25) is 5.02 Å². The number of aromatic nitrogens is 1. The van der Waals surface area contributed by atoms with Crippen molar-refractivity contribution in [3.8, 4) is 28.4 Å². The van der Waals surface area contributed by atoms with Gasteiger partial charge in [-0.25, -0.2) is 18.2 Å². The predicted octanol–water partition coefficient (Wildman–Crippen LogP) is 3.61. The predicted molar refractivity (Wildman–Crippen MR) is 116 cm³/mol. The number of halogens is 2. The van der Waals surface area contributed by atoms with Gasteiger partial charge in [0.1, 0.15) is 29.6 Å². The molecule has 4 bridgehead atoms. The van der Waals surface area contributed by atoms with Gasteiger partial charge in [0.05, 0.1) is 23.4 Å². The Labute approximate surface area is 192 Å². The van der Waals surface area contributed by atoms with Gasteiger partial charge in [0.2, 0.25) is 5.95 Å². The quantitative estimate of drug-likeness (QED) is 0.388. The number of hydrogen-bond acceptors (Lipinski definition) is 8. The Bertz CT molecular complexity index is 1360. The van der Waals surface area contributed by atoms with Gasteiger partial charge in [-0.15, -0.1) is 0 Å². The molecule has 0 amide bonds. The fourth-order valence-electron chi connectivity index (χ4n) is 3.17. The summed E-state index contributed by atoms with van der Waals surface area (Å²) in [6, 6.07) is 7.61. The number of esters is 1. The zero-order chi connectivity index (χ0) is 23.8. The van der Waals surface area contributed by atoms with Gasteiger partial charge in [-0.1, -0.05) is 17.7 Å². The molecular weight excluding hydrogens is 479 g/mol. The van der Waals surface area contributed by atoms with Gasteiger partial charge in [0, 0.05) is 17.8 Å². The van der Waals surface area contributed by atoms with Gasteiger partial charge in [-0.3, -0.25) is 4.72 Å². The van der Waals surface area contributed by atoms with E-state index in [0.29, 0.717) is 11.1 Å². The van der Waals surface area contributed by atoms with Crippen LogP contribution in [0.1, 0.15) is 10.4 Å². The summed E-state index contributed by atoms with van der Waals surface area (Å²) in [5.74, 6) is -2.17. The summed E-state index contributed by atoms with van der Waals surface area (Å²) in [7, 11) is -3.11. The minimum absolute atomic E-state index is 0.00338. The number of nitrogens with zero attached hydrogens (tertiary/aromatic N) is 1. The van der Waals surface area contributed by atoms with Gasteiger partial charge >= 0.3 is 5.97 Å². The summed E-state index contributed by atoms with van der Waals surface area (Å²) in [5.41, 5.74) is 0.582. The normalized spacial score (nSPS) is 15.1. The number of carbonyl (C=O) groups is 1. The Morgan fingerprint density at radius 2 is 1.91 bits per heavy atom. The van der Waals surface area contributed by atoms with Crippen molar-refractivity contribution in [3.05, 3.63) is 59.1 Å². The van der Waals surface area contributed by atoms with E-state index >= 15 is 0 Å². The third-order valence-electron chi connectivity index (χ3n) is 4.72. The molecule has 0 atom stereocenters. The molecule has 0 spiro atoms. The molecule has 12 heteroatoms. The maximum absolute atomic E-state index is 13.8. The first-order valence-electron chi connectivity index (χ1n) is 9.39. The first-order valence-corrected chi connectivity index (χ1v) is 11.2. The summed E-state index contributed by atoms with van der Waals surface area (Å²) in [4.78, 5) is 15.4. The molecule has 3 aromatic rings. The molecule has 0 radical (unpaired) electrons. The van der Waals surface area contributed by atoms with Crippen molar-refractivity contribution in [3.63, 3.8) is 0 Å². The number of phenolic OH excluding ortho intramolecular Hbond substituents is 1. The van der Waals surface area contributed by atoms with Crippen LogP contribution in [0.15, 0.2) is 47.5 Å². The van der Waals surface area contributed by atoms with Crippen molar-refractivity contribution in [1.29, 1.82) is 0 Å². The van der Waals surface area contributed by atoms with Gasteiger partial charge in [-0.05, 0) is 29.8 Å². The van der Waals surface area contributed by atoms with Crippen LogP contribution in [0, 0.1) is 5.95 Å². The Morgan fingerprint density at radius 3 is 2.67 bits per heavy atom. The Kier molecular flexibility index (Phi) is 6.00. The molecule has 172 valence electrons. The van der Waals surface area contributed by atoms with Crippen LogP contribution in [0.25, 0.3) is 11.1 Å². The molecule has 9 nitrogen and oxygen atoms in total. The second kappa shape index (κ2) is 8.75. The lowest BCUT2D eigenvalue weighted by Gasteiger charge is -2.16. The number of nitrogens with one attached hydrogen (secondary N) is 1. The topological polar surface area (TPSA) is 124 Å². The van der Waals surface area contributed by atoms with Crippen LogP contribution < -0.4 is 14.2 Å². The molecule has 33 heavy (non-hydrogen) atoms. The summed E-state index contributed by atoms with van der Waals surface area (Å²) < 4.78 is 58.3. The number of anilines is 1. The van der Waals surface area contributed by atoms with Crippen molar-refractivity contribution in [1.82, 2.24) is 4.98 Å². The number of rotatable bonds is 1. The van der Waals surface area contributed by atoms with E-state index in [9.17, 15) is 22.7 Å². The molecule has 0 unspecified atom stereocenters. The molecule has 0 saturated carbocycles. The highest BCUT2D eigenvalue weighted by atomic mass is 35.5. The van der Waals surface area contributed by atoms with E-state index in [2.05, 4.69) is 9.71 Å². The van der Waals surface area contributed by atoms with Crippen molar-refractivity contribution >= 4 is 33.3 Å². The van der Waals surface area contributed by atoms with Crippen molar-refractivity contribution < 1.29 is 36.9 Å². The lowest BCUT2D eigenvalue weighted by molar-refractivity contribution is 0.0450. The number of benzene rings is 2. The molecule has 2 aromatic carbocycles. The highest BCUT2D eigenvalue weighted by Crippen LogP contribution is 2.38. The highest BCUT2D eigenvalue weighted by Gasteiger charge is 2.26. The fourth-order valence-corrected chi connectivity index (χ4v) is 4.65. The van der Waals surface area contributed by atoms with Gasteiger partial charge in [0.25, 0.3) is 10.0 Å². The van der Waals surface area contributed by atoms with Gasteiger partial charge < -0.3 is 19.3 Å². The Balaban J connectivity index is 1.92. The number of ether oxygens (including phenoxy) is 3. The Morgan fingerprint density at radius 1 is 1.15 bits per heavy atom. The van der Waals surface area contributed by atoms with E-state index in [1.54, 1.807) is 6.07 Å².